The molecule has 0 spiro atoms. The summed E-state index contributed by atoms with van der Waals surface area (Å²) >= 11 is 0. The van der Waals surface area contributed by atoms with Crippen LogP contribution in [0.2, 0.25) is 0 Å². The first-order chi connectivity index (χ1) is 11.6. The number of rotatable bonds is 5. The van der Waals surface area contributed by atoms with Gasteiger partial charge in [-0.15, -0.1) is 0 Å². The van der Waals surface area contributed by atoms with Crippen molar-refractivity contribution < 1.29 is 19.0 Å². The molecule has 1 heterocycles. The van der Waals surface area contributed by atoms with E-state index in [4.69, 9.17) is 4.74 Å². The first kappa shape index (κ1) is 15.7. The van der Waals surface area contributed by atoms with Gasteiger partial charge in [0.1, 0.15) is 23.7 Å². The van der Waals surface area contributed by atoms with Gasteiger partial charge in [0.15, 0.2) is 0 Å². The second-order valence-electron chi connectivity index (χ2n) is 5.18. The number of pyridine rings is 1. The number of carboxylic acid groups (broad SMARTS) is 1. The van der Waals surface area contributed by atoms with Crippen molar-refractivity contribution in [2.75, 3.05) is 0 Å². The minimum Gasteiger partial charge on any atom is -0.488 e. The van der Waals surface area contributed by atoms with Crippen LogP contribution in [-0.2, 0) is 6.61 Å². The Kier molecular flexibility index (Phi) is 4.52. The van der Waals surface area contributed by atoms with Gasteiger partial charge in [-0.05, 0) is 29.3 Å². The monoisotopic (exact) mass is 323 g/mol. The number of hydrogen-bond donors (Lipinski definition) is 1. The summed E-state index contributed by atoms with van der Waals surface area (Å²) in [5.74, 6) is -1.31. The number of carbonyl (C=O) groups is 1. The fraction of sp³-hybridized carbons (Fsp3) is 0.0526. The van der Waals surface area contributed by atoms with Gasteiger partial charge >= 0.3 is 5.97 Å². The maximum absolute atomic E-state index is 13.3. The average molecular weight is 323 g/mol. The van der Waals surface area contributed by atoms with Crippen molar-refractivity contribution in [2.45, 2.75) is 6.61 Å². The lowest BCUT2D eigenvalue weighted by Gasteiger charge is -2.11. The smallest absolute Gasteiger partial charge is 0.339 e. The summed E-state index contributed by atoms with van der Waals surface area (Å²) in [5.41, 5.74) is 2.16. The van der Waals surface area contributed by atoms with Gasteiger partial charge in [0, 0.05) is 11.8 Å². The van der Waals surface area contributed by atoms with Crippen LogP contribution in [0, 0.1) is 5.82 Å². The van der Waals surface area contributed by atoms with Crippen LogP contribution in [0.5, 0.6) is 5.75 Å². The van der Waals surface area contributed by atoms with Crippen LogP contribution in [0.25, 0.3) is 11.1 Å². The predicted molar refractivity (Wildman–Crippen MR) is 87.4 cm³/mol. The Balaban J connectivity index is 1.93. The first-order valence-electron chi connectivity index (χ1n) is 7.28. The van der Waals surface area contributed by atoms with E-state index in [9.17, 15) is 14.3 Å². The molecule has 0 aliphatic carbocycles. The Bertz CT molecular complexity index is 865. The minimum atomic E-state index is -1.08. The molecule has 24 heavy (non-hydrogen) atoms. The molecular formula is C19H14FNO3. The number of aromatic carboxylic acids is 1. The van der Waals surface area contributed by atoms with Crippen LogP contribution in [0.4, 0.5) is 4.39 Å². The van der Waals surface area contributed by atoms with Crippen LogP contribution in [0.15, 0.2) is 67.0 Å². The molecule has 4 nitrogen and oxygen atoms in total. The highest BCUT2D eigenvalue weighted by atomic mass is 19.1. The number of hydrogen-bond acceptors (Lipinski definition) is 3. The van der Waals surface area contributed by atoms with E-state index >= 15 is 0 Å². The zero-order chi connectivity index (χ0) is 16.9. The molecule has 0 saturated carbocycles. The van der Waals surface area contributed by atoms with E-state index in [1.165, 1.54) is 18.3 Å². The highest BCUT2D eigenvalue weighted by molar-refractivity contribution is 5.92. The van der Waals surface area contributed by atoms with E-state index in [1.807, 2.05) is 30.3 Å². The number of carboxylic acids is 1. The Morgan fingerprint density at radius 2 is 1.83 bits per heavy atom. The lowest BCUT2D eigenvalue weighted by molar-refractivity contribution is 0.0692. The summed E-state index contributed by atoms with van der Waals surface area (Å²) in [7, 11) is 0. The summed E-state index contributed by atoms with van der Waals surface area (Å²) in [6, 6.07) is 15.4. The summed E-state index contributed by atoms with van der Waals surface area (Å²) < 4.78 is 19.0. The summed E-state index contributed by atoms with van der Waals surface area (Å²) in [6.45, 7) is 0.242. The van der Waals surface area contributed by atoms with Gasteiger partial charge < -0.3 is 9.84 Å². The Labute approximate surface area is 138 Å². The Morgan fingerprint density at radius 1 is 1.04 bits per heavy atom. The van der Waals surface area contributed by atoms with Crippen molar-refractivity contribution in [1.82, 2.24) is 4.98 Å². The van der Waals surface area contributed by atoms with Gasteiger partial charge in [-0.2, -0.15) is 0 Å². The summed E-state index contributed by atoms with van der Waals surface area (Å²) in [5, 5.41) is 9.32. The maximum Gasteiger partial charge on any atom is 0.339 e. The lowest BCUT2D eigenvalue weighted by atomic mass is 10.0. The van der Waals surface area contributed by atoms with Gasteiger partial charge in [-0.1, -0.05) is 36.4 Å². The molecule has 3 rings (SSSR count). The molecule has 0 aliphatic heterocycles. The molecule has 0 unspecified atom stereocenters. The predicted octanol–water partition coefficient (Wildman–Crippen LogP) is 4.16. The summed E-state index contributed by atoms with van der Waals surface area (Å²) in [4.78, 5) is 15.2. The van der Waals surface area contributed by atoms with Crippen LogP contribution in [-0.4, -0.2) is 16.1 Å². The Hall–Kier alpha value is -3.21. The number of benzene rings is 2. The number of halogens is 1. The van der Waals surface area contributed by atoms with Crippen LogP contribution < -0.4 is 4.74 Å². The fourth-order valence-corrected chi connectivity index (χ4v) is 2.30. The SMILES string of the molecule is O=C(O)c1ccc(-c2cncc(F)c2)cc1OCc1ccccc1. The van der Waals surface area contributed by atoms with Crippen molar-refractivity contribution in [3.8, 4) is 16.9 Å². The molecule has 1 N–H and O–H groups in total. The van der Waals surface area contributed by atoms with Gasteiger partial charge in [0.05, 0.1) is 6.20 Å². The molecule has 0 bridgehead atoms. The largest absolute Gasteiger partial charge is 0.488 e. The molecule has 0 atom stereocenters. The lowest BCUT2D eigenvalue weighted by Crippen LogP contribution is -2.03. The van der Waals surface area contributed by atoms with E-state index in [0.29, 0.717) is 11.1 Å². The van der Waals surface area contributed by atoms with Gasteiger partial charge in [0.2, 0.25) is 0 Å². The molecule has 120 valence electrons. The molecule has 1 aromatic heterocycles. The van der Waals surface area contributed by atoms with Crippen molar-refractivity contribution in [1.29, 1.82) is 0 Å². The van der Waals surface area contributed by atoms with E-state index < -0.39 is 11.8 Å². The van der Waals surface area contributed by atoms with E-state index in [0.717, 1.165) is 11.8 Å². The molecule has 2 aromatic carbocycles. The second-order valence-corrected chi connectivity index (χ2v) is 5.18. The van der Waals surface area contributed by atoms with E-state index in [-0.39, 0.29) is 17.9 Å². The standard InChI is InChI=1S/C19H14FNO3/c20-16-8-15(10-21-11-16)14-6-7-17(19(22)23)18(9-14)24-12-13-4-2-1-3-5-13/h1-11H,12H2,(H,22,23). The van der Waals surface area contributed by atoms with Crippen LogP contribution in [0.3, 0.4) is 0 Å². The molecular weight excluding hydrogens is 309 g/mol. The zero-order valence-electron chi connectivity index (χ0n) is 12.6. The third-order valence-electron chi connectivity index (χ3n) is 3.49. The molecule has 5 heteroatoms. The molecule has 0 saturated heterocycles. The van der Waals surface area contributed by atoms with Crippen molar-refractivity contribution in [2.24, 2.45) is 0 Å². The third kappa shape index (κ3) is 3.57. The quantitative estimate of drug-likeness (QED) is 0.766. The molecule has 3 aromatic rings. The second kappa shape index (κ2) is 6.91. The molecule has 0 aliphatic rings. The van der Waals surface area contributed by atoms with E-state index in [2.05, 4.69) is 4.98 Å². The number of nitrogens with zero attached hydrogens (tertiary/aromatic N) is 1. The highest BCUT2D eigenvalue weighted by Gasteiger charge is 2.13. The van der Waals surface area contributed by atoms with Gasteiger partial charge in [0.25, 0.3) is 0 Å². The Morgan fingerprint density at radius 3 is 2.54 bits per heavy atom. The normalized spacial score (nSPS) is 10.4. The van der Waals surface area contributed by atoms with Crippen molar-refractivity contribution in [3.05, 3.63) is 83.9 Å². The van der Waals surface area contributed by atoms with Crippen molar-refractivity contribution >= 4 is 5.97 Å². The molecule has 0 fully saturated rings. The third-order valence-corrected chi connectivity index (χ3v) is 3.49. The molecule has 0 radical (unpaired) electrons. The summed E-state index contributed by atoms with van der Waals surface area (Å²) in [6.07, 6.45) is 2.63. The van der Waals surface area contributed by atoms with Crippen LogP contribution >= 0.6 is 0 Å². The van der Waals surface area contributed by atoms with Crippen LogP contribution in [0.1, 0.15) is 15.9 Å². The zero-order valence-corrected chi connectivity index (χ0v) is 12.6. The van der Waals surface area contributed by atoms with Gasteiger partial charge in [-0.3, -0.25) is 4.98 Å². The van der Waals surface area contributed by atoms with Crippen molar-refractivity contribution in [3.63, 3.8) is 0 Å². The number of ether oxygens (including phenoxy) is 1. The number of aromatic nitrogens is 1. The fourth-order valence-electron chi connectivity index (χ4n) is 2.30. The van der Waals surface area contributed by atoms with E-state index in [1.54, 1.807) is 12.1 Å². The van der Waals surface area contributed by atoms with Gasteiger partial charge in [-0.25, -0.2) is 9.18 Å². The minimum absolute atomic E-state index is 0.0547. The topological polar surface area (TPSA) is 59.4 Å². The highest BCUT2D eigenvalue weighted by Crippen LogP contribution is 2.28. The maximum atomic E-state index is 13.3. The molecule has 0 amide bonds. The first-order valence-corrected chi connectivity index (χ1v) is 7.28. The average Bonchev–Trinajstić information content (AvgIpc) is 2.60.